The van der Waals surface area contributed by atoms with E-state index in [4.69, 9.17) is 37.4 Å². The summed E-state index contributed by atoms with van der Waals surface area (Å²) in [7, 11) is 6.89. The molecule has 0 aliphatic carbocycles. The molecule has 1 aromatic carbocycles. The monoisotopic (exact) mass is 721 g/mol. The highest BCUT2D eigenvalue weighted by atomic mass is 35.5. The van der Waals surface area contributed by atoms with Crippen LogP contribution in [0.4, 0.5) is 17.3 Å². The first kappa shape index (κ1) is 35.5. The molecular formula is C36H41Cl2N7O5. The highest BCUT2D eigenvalue weighted by molar-refractivity contribution is 6.41. The number of carbonyl (C=O) groups excluding carboxylic acids is 1. The SMILES string of the molecule is COc1cc(OC)c(Cl)c(-c2cc3cnc(Nc4ccc(N5CCOCC5)cn4)cc3n(C3CCN(C(=O)/C=C/CN(C)C)CC3)c2=O)c1Cl. The van der Waals surface area contributed by atoms with Crippen molar-refractivity contribution in [3.63, 3.8) is 0 Å². The van der Waals surface area contributed by atoms with Crippen LogP contribution < -0.4 is 25.2 Å². The first-order valence-corrected chi connectivity index (χ1v) is 17.3. The summed E-state index contributed by atoms with van der Waals surface area (Å²) in [5, 5.41) is 4.40. The molecule has 6 rings (SSSR count). The second kappa shape index (κ2) is 15.7. The fraction of sp³-hybridized carbons (Fsp3) is 0.389. The van der Waals surface area contributed by atoms with Gasteiger partial charge in [0.15, 0.2) is 0 Å². The first-order valence-electron chi connectivity index (χ1n) is 16.5. The standard InChI is InChI=1S/C36H41Cl2N7O5/c1-42(2)11-5-6-32(46)44-12-9-24(10-13-44)45-27-19-31(41-30-8-7-25(22-40-30)43-14-16-50-17-15-43)39-21-23(27)18-26(36(45)47)33-34(37)28(48-3)20-29(49-4)35(33)38/h5-8,18-22,24H,9-17H2,1-4H3,(H,39,40,41)/b6-5+. The quantitative estimate of drug-likeness (QED) is 0.206. The Kier molecular flexibility index (Phi) is 11.1. The summed E-state index contributed by atoms with van der Waals surface area (Å²) in [6.07, 6.45) is 8.17. The number of fused-ring (bicyclic) bond motifs is 1. The number of likely N-dealkylation sites (N-methyl/N-ethyl adjacent to an activating group) is 1. The number of likely N-dealkylation sites (tertiary alicyclic amines) is 1. The molecule has 3 aromatic heterocycles. The molecule has 50 heavy (non-hydrogen) atoms. The van der Waals surface area contributed by atoms with Crippen molar-refractivity contribution in [2.75, 3.05) is 84.5 Å². The average Bonchev–Trinajstić information content (AvgIpc) is 3.13. The largest absolute Gasteiger partial charge is 0.495 e. The van der Waals surface area contributed by atoms with E-state index in [0.717, 1.165) is 18.8 Å². The maximum atomic E-state index is 14.7. The van der Waals surface area contributed by atoms with Crippen LogP contribution in [0.1, 0.15) is 18.9 Å². The lowest BCUT2D eigenvalue weighted by Gasteiger charge is -2.33. The van der Waals surface area contributed by atoms with Crippen molar-refractivity contribution in [2.45, 2.75) is 18.9 Å². The molecule has 2 aliphatic heterocycles. The fourth-order valence-electron chi connectivity index (χ4n) is 6.38. The number of hydrogen-bond donors (Lipinski definition) is 1. The van der Waals surface area contributed by atoms with Crippen LogP contribution in [0.15, 0.2) is 59.7 Å². The summed E-state index contributed by atoms with van der Waals surface area (Å²) in [6.45, 7) is 4.69. The number of amides is 1. The third kappa shape index (κ3) is 7.53. The Balaban J connectivity index is 1.38. The van der Waals surface area contributed by atoms with Crippen molar-refractivity contribution in [3.8, 4) is 22.6 Å². The number of piperidine rings is 1. The lowest BCUT2D eigenvalue weighted by molar-refractivity contribution is -0.127. The van der Waals surface area contributed by atoms with Gasteiger partial charge in [0.05, 0.1) is 60.4 Å². The molecule has 2 saturated heterocycles. The molecule has 4 aromatic rings. The molecule has 0 saturated carbocycles. The Morgan fingerprint density at radius 2 is 1.66 bits per heavy atom. The summed E-state index contributed by atoms with van der Waals surface area (Å²) in [5.41, 5.74) is 2.03. The number of methoxy groups -OCH3 is 2. The van der Waals surface area contributed by atoms with Crippen LogP contribution >= 0.6 is 23.2 Å². The number of rotatable bonds is 10. The van der Waals surface area contributed by atoms with Gasteiger partial charge in [-0.05, 0) is 45.1 Å². The second-order valence-electron chi connectivity index (χ2n) is 12.5. The number of nitrogens with zero attached hydrogens (tertiary/aromatic N) is 6. The maximum Gasteiger partial charge on any atom is 0.259 e. The minimum Gasteiger partial charge on any atom is -0.495 e. The second-order valence-corrected chi connectivity index (χ2v) is 13.2. The zero-order valence-electron chi connectivity index (χ0n) is 28.6. The van der Waals surface area contributed by atoms with Gasteiger partial charge in [0.2, 0.25) is 5.91 Å². The summed E-state index contributed by atoms with van der Waals surface area (Å²) in [4.78, 5) is 42.9. The van der Waals surface area contributed by atoms with E-state index >= 15 is 0 Å². The predicted molar refractivity (Wildman–Crippen MR) is 198 cm³/mol. The van der Waals surface area contributed by atoms with Gasteiger partial charge in [-0.15, -0.1) is 0 Å². The van der Waals surface area contributed by atoms with E-state index in [0.29, 0.717) is 85.3 Å². The van der Waals surface area contributed by atoms with E-state index in [-0.39, 0.29) is 33.1 Å². The molecule has 12 nitrogen and oxygen atoms in total. The number of benzene rings is 1. The molecule has 0 radical (unpaired) electrons. The highest BCUT2D eigenvalue weighted by Gasteiger charge is 2.28. The number of carbonyl (C=O) groups is 1. The molecule has 0 unspecified atom stereocenters. The molecule has 1 N–H and O–H groups in total. The van der Waals surface area contributed by atoms with Gasteiger partial charge in [-0.2, -0.15) is 0 Å². The number of hydrogen-bond acceptors (Lipinski definition) is 10. The molecule has 2 fully saturated rings. The third-order valence-corrected chi connectivity index (χ3v) is 9.77. The van der Waals surface area contributed by atoms with E-state index in [2.05, 4.69) is 20.2 Å². The van der Waals surface area contributed by atoms with Crippen molar-refractivity contribution >= 4 is 57.3 Å². The third-order valence-electron chi connectivity index (χ3n) is 9.02. The number of morpholine rings is 1. The summed E-state index contributed by atoms with van der Waals surface area (Å²) < 4.78 is 18.3. The van der Waals surface area contributed by atoms with Gasteiger partial charge >= 0.3 is 0 Å². The Labute approximate surface area is 301 Å². The maximum absolute atomic E-state index is 14.7. The van der Waals surface area contributed by atoms with Crippen LogP contribution in [0.25, 0.3) is 22.0 Å². The number of aromatic nitrogens is 3. The van der Waals surface area contributed by atoms with Crippen molar-refractivity contribution in [2.24, 2.45) is 0 Å². The lowest BCUT2D eigenvalue weighted by Crippen LogP contribution is -2.40. The zero-order valence-corrected chi connectivity index (χ0v) is 30.1. The molecule has 14 heteroatoms. The normalized spacial score (nSPS) is 15.7. The number of pyridine rings is 3. The molecule has 5 heterocycles. The van der Waals surface area contributed by atoms with Gasteiger partial charge in [0, 0.05) is 74.1 Å². The highest BCUT2D eigenvalue weighted by Crippen LogP contribution is 2.45. The number of nitrogens with one attached hydrogen (secondary N) is 1. The van der Waals surface area contributed by atoms with Crippen molar-refractivity contribution in [3.05, 3.63) is 75.3 Å². The van der Waals surface area contributed by atoms with Crippen LogP contribution in [0.2, 0.25) is 10.0 Å². The van der Waals surface area contributed by atoms with Crippen LogP contribution in [-0.2, 0) is 9.53 Å². The smallest absolute Gasteiger partial charge is 0.259 e. The van der Waals surface area contributed by atoms with Crippen LogP contribution in [0.5, 0.6) is 11.5 Å². The predicted octanol–water partition coefficient (Wildman–Crippen LogP) is 5.64. The van der Waals surface area contributed by atoms with Gasteiger partial charge in [0.1, 0.15) is 23.1 Å². The topological polar surface area (TPSA) is 114 Å². The molecule has 0 bridgehead atoms. The van der Waals surface area contributed by atoms with Gasteiger partial charge in [-0.25, -0.2) is 9.97 Å². The van der Waals surface area contributed by atoms with Gasteiger partial charge in [-0.1, -0.05) is 29.3 Å². The Hall–Kier alpha value is -4.36. The molecule has 1 amide bonds. The van der Waals surface area contributed by atoms with E-state index in [1.54, 1.807) is 29.0 Å². The lowest BCUT2D eigenvalue weighted by atomic mass is 10.00. The van der Waals surface area contributed by atoms with Crippen LogP contribution in [0, 0.1) is 0 Å². The minimum absolute atomic E-state index is 0.0406. The van der Waals surface area contributed by atoms with Gasteiger partial charge in [0.25, 0.3) is 5.56 Å². The summed E-state index contributed by atoms with van der Waals surface area (Å²) in [6, 6.07) is 8.91. The molecule has 2 aliphatic rings. The summed E-state index contributed by atoms with van der Waals surface area (Å²) >= 11 is 13.6. The van der Waals surface area contributed by atoms with E-state index in [1.807, 2.05) is 54.4 Å². The Bertz CT molecular complexity index is 1910. The summed E-state index contributed by atoms with van der Waals surface area (Å²) in [5.74, 6) is 1.76. The minimum atomic E-state index is -0.280. The molecule has 0 spiro atoms. The Morgan fingerprint density at radius 1 is 0.980 bits per heavy atom. The van der Waals surface area contributed by atoms with Crippen molar-refractivity contribution < 1.29 is 19.0 Å². The fourth-order valence-corrected chi connectivity index (χ4v) is 7.08. The molecular weight excluding hydrogens is 681 g/mol. The molecule has 264 valence electrons. The first-order chi connectivity index (χ1) is 24.2. The van der Waals surface area contributed by atoms with E-state index in [9.17, 15) is 9.59 Å². The van der Waals surface area contributed by atoms with Gasteiger partial charge in [-0.3, -0.25) is 9.59 Å². The number of halogens is 2. The van der Waals surface area contributed by atoms with Crippen molar-refractivity contribution in [1.29, 1.82) is 0 Å². The van der Waals surface area contributed by atoms with Crippen LogP contribution in [0.3, 0.4) is 0 Å². The number of anilines is 3. The van der Waals surface area contributed by atoms with Gasteiger partial charge < -0.3 is 38.8 Å². The average molecular weight is 723 g/mol. The Morgan fingerprint density at radius 3 is 2.28 bits per heavy atom. The zero-order chi connectivity index (χ0) is 35.4. The molecule has 0 atom stereocenters. The van der Waals surface area contributed by atoms with Crippen molar-refractivity contribution in [1.82, 2.24) is 24.3 Å². The van der Waals surface area contributed by atoms with Crippen LogP contribution in [-0.4, -0.2) is 104 Å². The van der Waals surface area contributed by atoms with E-state index in [1.165, 1.54) is 14.2 Å². The van der Waals surface area contributed by atoms with E-state index < -0.39 is 0 Å². The number of ether oxygens (including phenoxy) is 3.